The van der Waals surface area contributed by atoms with Crippen LogP contribution in [0.5, 0.6) is 0 Å². The molecule has 0 saturated heterocycles. The summed E-state index contributed by atoms with van der Waals surface area (Å²) in [4.78, 5) is 30.2. The van der Waals surface area contributed by atoms with Crippen molar-refractivity contribution in [3.05, 3.63) is 66.7 Å². The highest BCUT2D eigenvalue weighted by molar-refractivity contribution is 5.81. The molecule has 0 aliphatic rings. The summed E-state index contributed by atoms with van der Waals surface area (Å²) in [6.45, 7) is 0. The lowest BCUT2D eigenvalue weighted by Crippen LogP contribution is -2.03. The quantitative estimate of drug-likeness (QED) is 0.481. The molecule has 11 nitrogen and oxygen atoms in total. The number of hydrogen-bond acceptors (Lipinski definition) is 8. The molecule has 0 atom stereocenters. The van der Waals surface area contributed by atoms with Gasteiger partial charge in [-0.05, 0) is 24.3 Å². The highest BCUT2D eigenvalue weighted by Gasteiger charge is 2.30. The normalized spacial score (nSPS) is 10.1. The molecule has 118 valence electrons. The Bertz CT molecular complexity index is 769. The second-order valence-corrected chi connectivity index (χ2v) is 4.38. The number of hydrogen-bond donors (Lipinski definition) is 2. The first-order valence-electron chi connectivity index (χ1n) is 6.03. The third kappa shape index (κ3) is 3.29. The Morgan fingerprint density at radius 3 is 1.70 bits per heavy atom. The molecular formula is C12H9N5O6. The minimum Gasteiger partial charge on any atom is -0.399 e. The van der Waals surface area contributed by atoms with Gasteiger partial charge in [0.25, 0.3) is 5.69 Å². The highest BCUT2D eigenvalue weighted by atomic mass is 16.6. The van der Waals surface area contributed by atoms with Crippen LogP contribution in [0, 0.1) is 30.3 Å². The van der Waals surface area contributed by atoms with Crippen molar-refractivity contribution in [1.82, 2.24) is 0 Å². The van der Waals surface area contributed by atoms with Gasteiger partial charge in [-0.2, -0.15) is 0 Å². The second-order valence-electron chi connectivity index (χ2n) is 4.38. The van der Waals surface area contributed by atoms with Crippen LogP contribution in [0.3, 0.4) is 0 Å². The van der Waals surface area contributed by atoms with Crippen molar-refractivity contribution >= 4 is 34.1 Å². The van der Waals surface area contributed by atoms with Crippen LogP contribution in [0.2, 0.25) is 0 Å². The fourth-order valence-corrected chi connectivity index (χ4v) is 1.83. The van der Waals surface area contributed by atoms with Crippen molar-refractivity contribution in [1.29, 1.82) is 0 Å². The van der Waals surface area contributed by atoms with Gasteiger partial charge in [-0.3, -0.25) is 30.3 Å². The molecule has 2 aromatic carbocycles. The van der Waals surface area contributed by atoms with Gasteiger partial charge in [-0.1, -0.05) is 0 Å². The van der Waals surface area contributed by atoms with E-state index in [1.54, 1.807) is 0 Å². The summed E-state index contributed by atoms with van der Waals surface area (Å²) in [6.07, 6.45) is 0. The van der Waals surface area contributed by atoms with Crippen LogP contribution >= 0.6 is 0 Å². The minimum atomic E-state index is -0.938. The van der Waals surface area contributed by atoms with Crippen LogP contribution < -0.4 is 11.1 Å². The first-order chi connectivity index (χ1) is 10.8. The monoisotopic (exact) mass is 319 g/mol. The standard InChI is InChI=1S/C12H9N5O6/c13-7-1-3-8(4-2-7)14-12-10(16(20)21)5-9(15(18)19)6-11(12)17(22)23/h1-6,14H,13H2. The minimum absolute atomic E-state index is 0.305. The first kappa shape index (κ1) is 15.6. The number of benzene rings is 2. The van der Waals surface area contributed by atoms with E-state index in [4.69, 9.17) is 5.73 Å². The zero-order valence-electron chi connectivity index (χ0n) is 11.3. The molecule has 0 radical (unpaired) electrons. The summed E-state index contributed by atoms with van der Waals surface area (Å²) in [7, 11) is 0. The molecule has 0 aliphatic carbocycles. The molecule has 0 heterocycles. The maximum absolute atomic E-state index is 11.1. The lowest BCUT2D eigenvalue weighted by Gasteiger charge is -2.08. The Morgan fingerprint density at radius 1 is 0.826 bits per heavy atom. The van der Waals surface area contributed by atoms with Gasteiger partial charge in [0.2, 0.25) is 0 Å². The number of nitrogens with one attached hydrogen (secondary N) is 1. The van der Waals surface area contributed by atoms with Gasteiger partial charge in [0, 0.05) is 11.4 Å². The zero-order chi connectivity index (χ0) is 17.1. The van der Waals surface area contributed by atoms with Crippen LogP contribution in [-0.4, -0.2) is 14.8 Å². The molecular weight excluding hydrogens is 310 g/mol. The van der Waals surface area contributed by atoms with Crippen LogP contribution in [0.25, 0.3) is 0 Å². The molecule has 23 heavy (non-hydrogen) atoms. The zero-order valence-corrected chi connectivity index (χ0v) is 11.3. The summed E-state index contributed by atoms with van der Waals surface area (Å²) in [6, 6.07) is 7.23. The van der Waals surface area contributed by atoms with Crippen LogP contribution in [0.15, 0.2) is 36.4 Å². The van der Waals surface area contributed by atoms with Gasteiger partial charge >= 0.3 is 11.4 Å². The number of nitrogens with zero attached hydrogens (tertiary/aromatic N) is 3. The van der Waals surface area contributed by atoms with Gasteiger partial charge in [-0.15, -0.1) is 0 Å². The average Bonchev–Trinajstić information content (AvgIpc) is 2.48. The van der Waals surface area contributed by atoms with Gasteiger partial charge in [0.1, 0.15) is 0 Å². The number of nitro benzene ring substituents is 3. The van der Waals surface area contributed by atoms with E-state index in [0.29, 0.717) is 23.5 Å². The summed E-state index contributed by atoms with van der Waals surface area (Å²) < 4.78 is 0. The number of non-ortho nitro benzene ring substituents is 1. The summed E-state index contributed by atoms with van der Waals surface area (Å²) >= 11 is 0. The maximum atomic E-state index is 11.1. The van der Waals surface area contributed by atoms with Crippen molar-refractivity contribution in [3.8, 4) is 0 Å². The highest BCUT2D eigenvalue weighted by Crippen LogP contribution is 2.40. The lowest BCUT2D eigenvalue weighted by molar-refractivity contribution is -0.401. The fourth-order valence-electron chi connectivity index (χ4n) is 1.83. The Balaban J connectivity index is 2.63. The predicted octanol–water partition coefficient (Wildman–Crippen LogP) is 2.74. The van der Waals surface area contributed by atoms with Crippen LogP contribution in [0.1, 0.15) is 0 Å². The van der Waals surface area contributed by atoms with Gasteiger partial charge in [0.05, 0.1) is 26.9 Å². The van der Waals surface area contributed by atoms with Crippen molar-refractivity contribution in [3.63, 3.8) is 0 Å². The number of rotatable bonds is 5. The summed E-state index contributed by atoms with van der Waals surface area (Å²) in [5, 5.41) is 35.6. The topological polar surface area (TPSA) is 167 Å². The van der Waals surface area contributed by atoms with E-state index in [1.165, 1.54) is 24.3 Å². The SMILES string of the molecule is Nc1ccc(Nc2c([N+](=O)[O-])cc([N+](=O)[O-])cc2[N+](=O)[O-])cc1. The Morgan fingerprint density at radius 2 is 1.30 bits per heavy atom. The van der Waals surface area contributed by atoms with Crippen molar-refractivity contribution in [2.45, 2.75) is 0 Å². The van der Waals surface area contributed by atoms with Crippen LogP contribution in [-0.2, 0) is 0 Å². The predicted molar refractivity (Wildman–Crippen MR) is 80.5 cm³/mol. The molecule has 0 fully saturated rings. The summed E-state index contributed by atoms with van der Waals surface area (Å²) in [5.41, 5.74) is 3.51. The molecule has 0 spiro atoms. The molecule has 2 rings (SSSR count). The van der Waals surface area contributed by atoms with E-state index >= 15 is 0 Å². The summed E-state index contributed by atoms with van der Waals surface area (Å²) in [5.74, 6) is 0. The smallest absolute Gasteiger partial charge is 0.306 e. The molecule has 3 N–H and O–H groups in total. The van der Waals surface area contributed by atoms with Gasteiger partial charge < -0.3 is 11.1 Å². The number of anilines is 3. The van der Waals surface area contributed by atoms with Crippen molar-refractivity contribution in [2.75, 3.05) is 11.1 Å². The largest absolute Gasteiger partial charge is 0.399 e. The van der Waals surface area contributed by atoms with E-state index in [1.807, 2.05) is 0 Å². The van der Waals surface area contributed by atoms with Gasteiger partial charge in [-0.25, -0.2) is 0 Å². The molecule has 0 aromatic heterocycles. The third-order valence-corrected chi connectivity index (χ3v) is 2.87. The molecule has 2 aromatic rings. The van der Waals surface area contributed by atoms with Crippen molar-refractivity contribution in [2.24, 2.45) is 0 Å². The Labute approximate surface area is 127 Å². The molecule has 0 unspecified atom stereocenters. The molecule has 11 heteroatoms. The fraction of sp³-hybridized carbons (Fsp3) is 0. The van der Waals surface area contributed by atoms with E-state index in [-0.39, 0.29) is 0 Å². The molecule has 0 amide bonds. The average molecular weight is 319 g/mol. The number of nitrogen functional groups attached to an aromatic ring is 1. The first-order valence-corrected chi connectivity index (χ1v) is 6.03. The van der Waals surface area contributed by atoms with E-state index in [2.05, 4.69) is 5.32 Å². The van der Waals surface area contributed by atoms with E-state index < -0.39 is 37.5 Å². The van der Waals surface area contributed by atoms with Crippen LogP contribution in [0.4, 0.5) is 34.1 Å². The Kier molecular flexibility index (Phi) is 4.03. The third-order valence-electron chi connectivity index (χ3n) is 2.87. The maximum Gasteiger partial charge on any atom is 0.306 e. The van der Waals surface area contributed by atoms with Crippen molar-refractivity contribution < 1.29 is 14.8 Å². The molecule has 0 saturated carbocycles. The van der Waals surface area contributed by atoms with E-state index in [9.17, 15) is 30.3 Å². The van der Waals surface area contributed by atoms with E-state index in [0.717, 1.165) is 0 Å². The number of nitro groups is 3. The Hall–Kier alpha value is -3.76. The molecule has 0 aliphatic heterocycles. The molecule has 0 bridgehead atoms. The number of nitrogens with two attached hydrogens (primary N) is 1. The second kappa shape index (κ2) is 5.93. The van der Waals surface area contributed by atoms with Gasteiger partial charge in [0.15, 0.2) is 5.69 Å². The lowest BCUT2D eigenvalue weighted by atomic mass is 10.2.